The number of ether oxygens (including phenoxy) is 2. The van der Waals surface area contributed by atoms with Crippen LogP contribution in [0.1, 0.15) is 24.2 Å². The fourth-order valence-corrected chi connectivity index (χ4v) is 1.60. The Hall–Kier alpha value is -1.02. The largest absolute Gasteiger partial charge is 0.493 e. The van der Waals surface area contributed by atoms with E-state index in [0.717, 1.165) is 18.8 Å². The Kier molecular flexibility index (Phi) is 2.23. The molecular weight excluding hydrogens is 164 g/mol. The summed E-state index contributed by atoms with van der Waals surface area (Å²) in [6, 6.07) is 6.28. The maximum Gasteiger partial charge on any atom is 0.122 e. The van der Waals surface area contributed by atoms with Crippen molar-refractivity contribution in [2.24, 2.45) is 0 Å². The number of methoxy groups -OCH3 is 1. The minimum Gasteiger partial charge on any atom is -0.493 e. The van der Waals surface area contributed by atoms with Gasteiger partial charge in [0, 0.05) is 13.5 Å². The van der Waals surface area contributed by atoms with Crippen LogP contribution in [0.5, 0.6) is 5.75 Å². The fraction of sp³-hybridized carbons (Fsp3) is 0.455. The predicted octanol–water partition coefficient (Wildman–Crippen LogP) is 2.33. The SMILES string of the molecule is COC(C)c1ccc2c(c1)CCO2. The lowest BCUT2D eigenvalue weighted by Crippen LogP contribution is -1.95. The number of benzene rings is 1. The molecule has 1 aliphatic heterocycles. The van der Waals surface area contributed by atoms with Crippen LogP contribution in [0.15, 0.2) is 18.2 Å². The molecule has 1 aromatic carbocycles. The number of hydrogen-bond donors (Lipinski definition) is 0. The summed E-state index contributed by atoms with van der Waals surface area (Å²) in [4.78, 5) is 0. The molecule has 0 bridgehead atoms. The Morgan fingerprint density at radius 1 is 1.46 bits per heavy atom. The van der Waals surface area contributed by atoms with E-state index in [2.05, 4.69) is 19.1 Å². The van der Waals surface area contributed by atoms with Gasteiger partial charge in [-0.1, -0.05) is 6.07 Å². The lowest BCUT2D eigenvalue weighted by Gasteiger charge is -2.10. The van der Waals surface area contributed by atoms with Gasteiger partial charge in [-0.2, -0.15) is 0 Å². The van der Waals surface area contributed by atoms with Crippen LogP contribution in [-0.2, 0) is 11.2 Å². The summed E-state index contributed by atoms with van der Waals surface area (Å²) in [6.07, 6.45) is 1.20. The molecule has 0 saturated carbocycles. The van der Waals surface area contributed by atoms with Crippen molar-refractivity contribution < 1.29 is 9.47 Å². The Labute approximate surface area is 78.5 Å². The van der Waals surface area contributed by atoms with Crippen molar-refractivity contribution in [3.63, 3.8) is 0 Å². The van der Waals surface area contributed by atoms with Crippen LogP contribution in [0.25, 0.3) is 0 Å². The highest BCUT2D eigenvalue weighted by atomic mass is 16.5. The van der Waals surface area contributed by atoms with Crippen LogP contribution in [0.3, 0.4) is 0 Å². The quantitative estimate of drug-likeness (QED) is 0.692. The number of hydrogen-bond acceptors (Lipinski definition) is 2. The van der Waals surface area contributed by atoms with Crippen molar-refractivity contribution in [3.05, 3.63) is 29.3 Å². The molecule has 0 N–H and O–H groups in total. The Morgan fingerprint density at radius 3 is 3.08 bits per heavy atom. The number of rotatable bonds is 2. The van der Waals surface area contributed by atoms with Gasteiger partial charge in [-0.05, 0) is 30.2 Å². The maximum absolute atomic E-state index is 5.43. The van der Waals surface area contributed by atoms with Gasteiger partial charge < -0.3 is 9.47 Å². The zero-order valence-corrected chi connectivity index (χ0v) is 8.04. The van der Waals surface area contributed by atoms with E-state index in [4.69, 9.17) is 9.47 Å². The monoisotopic (exact) mass is 178 g/mol. The van der Waals surface area contributed by atoms with Crippen molar-refractivity contribution in [1.82, 2.24) is 0 Å². The van der Waals surface area contributed by atoms with Crippen molar-refractivity contribution in [1.29, 1.82) is 0 Å². The third kappa shape index (κ3) is 1.54. The zero-order valence-electron chi connectivity index (χ0n) is 8.04. The minimum atomic E-state index is 0.172. The molecule has 2 rings (SSSR count). The van der Waals surface area contributed by atoms with Gasteiger partial charge in [-0.15, -0.1) is 0 Å². The molecule has 0 radical (unpaired) electrons. The van der Waals surface area contributed by atoms with Gasteiger partial charge in [0.05, 0.1) is 12.7 Å². The molecule has 1 heterocycles. The molecule has 1 aromatic rings. The summed E-state index contributed by atoms with van der Waals surface area (Å²) in [7, 11) is 1.73. The normalized spacial score (nSPS) is 16.5. The molecular formula is C11H14O2. The van der Waals surface area contributed by atoms with Crippen molar-refractivity contribution in [3.8, 4) is 5.75 Å². The van der Waals surface area contributed by atoms with Crippen LogP contribution >= 0.6 is 0 Å². The van der Waals surface area contributed by atoms with Gasteiger partial charge >= 0.3 is 0 Å². The molecule has 2 nitrogen and oxygen atoms in total. The first kappa shape index (κ1) is 8.57. The van der Waals surface area contributed by atoms with E-state index >= 15 is 0 Å². The number of fused-ring (bicyclic) bond motifs is 1. The van der Waals surface area contributed by atoms with E-state index in [9.17, 15) is 0 Å². The highest BCUT2D eigenvalue weighted by Crippen LogP contribution is 2.28. The molecule has 0 amide bonds. The minimum absolute atomic E-state index is 0.172. The van der Waals surface area contributed by atoms with Gasteiger partial charge in [-0.25, -0.2) is 0 Å². The first-order valence-electron chi connectivity index (χ1n) is 4.59. The van der Waals surface area contributed by atoms with Crippen LogP contribution in [0, 0.1) is 0 Å². The van der Waals surface area contributed by atoms with Crippen molar-refractivity contribution in [2.45, 2.75) is 19.4 Å². The van der Waals surface area contributed by atoms with Crippen LogP contribution in [0.2, 0.25) is 0 Å². The second-order valence-corrected chi connectivity index (χ2v) is 3.34. The molecule has 0 aliphatic carbocycles. The van der Waals surface area contributed by atoms with E-state index < -0.39 is 0 Å². The lowest BCUT2D eigenvalue weighted by molar-refractivity contribution is 0.119. The van der Waals surface area contributed by atoms with Crippen LogP contribution in [0.4, 0.5) is 0 Å². The predicted molar refractivity (Wildman–Crippen MR) is 51.1 cm³/mol. The highest BCUT2D eigenvalue weighted by Gasteiger charge is 2.13. The Morgan fingerprint density at radius 2 is 2.31 bits per heavy atom. The van der Waals surface area contributed by atoms with Gasteiger partial charge in [0.15, 0.2) is 0 Å². The molecule has 1 unspecified atom stereocenters. The molecule has 13 heavy (non-hydrogen) atoms. The molecule has 1 atom stereocenters. The molecule has 0 fully saturated rings. The summed E-state index contributed by atoms with van der Waals surface area (Å²) in [6.45, 7) is 2.87. The summed E-state index contributed by atoms with van der Waals surface area (Å²) in [5, 5.41) is 0. The first-order chi connectivity index (χ1) is 6.31. The van der Waals surface area contributed by atoms with E-state index in [0.29, 0.717) is 0 Å². The molecule has 1 aliphatic rings. The summed E-state index contributed by atoms with van der Waals surface area (Å²) >= 11 is 0. The van der Waals surface area contributed by atoms with E-state index in [1.807, 2.05) is 6.07 Å². The average Bonchev–Trinajstić information content (AvgIpc) is 2.63. The topological polar surface area (TPSA) is 18.5 Å². The highest BCUT2D eigenvalue weighted by molar-refractivity contribution is 5.40. The van der Waals surface area contributed by atoms with Crippen molar-refractivity contribution in [2.75, 3.05) is 13.7 Å². The molecule has 2 heteroatoms. The average molecular weight is 178 g/mol. The maximum atomic E-state index is 5.43. The summed E-state index contributed by atoms with van der Waals surface area (Å²) in [5.74, 6) is 1.03. The molecule has 70 valence electrons. The van der Waals surface area contributed by atoms with Crippen molar-refractivity contribution >= 4 is 0 Å². The lowest BCUT2D eigenvalue weighted by atomic mass is 10.1. The molecule has 0 aromatic heterocycles. The molecule has 0 spiro atoms. The van der Waals surface area contributed by atoms with Gasteiger partial charge in [0.25, 0.3) is 0 Å². The third-order valence-electron chi connectivity index (χ3n) is 2.54. The second kappa shape index (κ2) is 3.38. The summed E-state index contributed by atoms with van der Waals surface area (Å²) in [5.41, 5.74) is 2.54. The first-order valence-corrected chi connectivity index (χ1v) is 4.59. The molecule has 0 saturated heterocycles. The van der Waals surface area contributed by atoms with Crippen LogP contribution in [-0.4, -0.2) is 13.7 Å². The van der Waals surface area contributed by atoms with Gasteiger partial charge in [0.1, 0.15) is 5.75 Å². The van der Waals surface area contributed by atoms with E-state index in [1.165, 1.54) is 11.1 Å². The smallest absolute Gasteiger partial charge is 0.122 e. The Balaban J connectivity index is 2.30. The van der Waals surface area contributed by atoms with Gasteiger partial charge in [0.2, 0.25) is 0 Å². The third-order valence-corrected chi connectivity index (χ3v) is 2.54. The second-order valence-electron chi connectivity index (χ2n) is 3.34. The zero-order chi connectivity index (χ0) is 9.26. The fourth-order valence-electron chi connectivity index (χ4n) is 1.60. The summed E-state index contributed by atoms with van der Waals surface area (Å²) < 4.78 is 10.7. The van der Waals surface area contributed by atoms with E-state index in [-0.39, 0.29) is 6.10 Å². The van der Waals surface area contributed by atoms with E-state index in [1.54, 1.807) is 7.11 Å². The van der Waals surface area contributed by atoms with Crippen LogP contribution < -0.4 is 4.74 Å². The Bertz CT molecular complexity index is 307. The van der Waals surface area contributed by atoms with Gasteiger partial charge in [-0.3, -0.25) is 0 Å². The standard InChI is InChI=1S/C11H14O2/c1-8(12-2)9-3-4-11-10(7-9)5-6-13-11/h3-4,7-8H,5-6H2,1-2H3.